The SMILES string of the molecule is COC(=O)[C@H](CNC(C)=O)NC(=O)CN(Cc1cccc2ccccc12)CC1CCCN1C(=O)CCc1cnc[nH]1. The first-order chi connectivity index (χ1) is 19.8. The molecule has 0 radical (unpaired) electrons. The van der Waals surface area contributed by atoms with E-state index < -0.39 is 12.0 Å². The summed E-state index contributed by atoms with van der Waals surface area (Å²) < 4.78 is 4.82. The van der Waals surface area contributed by atoms with Gasteiger partial charge in [-0.3, -0.25) is 19.3 Å². The molecule has 0 spiro atoms. The number of carbonyl (C=O) groups excluding carboxylic acids is 4. The van der Waals surface area contributed by atoms with E-state index in [2.05, 4.69) is 38.8 Å². The second kappa shape index (κ2) is 14.4. The van der Waals surface area contributed by atoms with E-state index >= 15 is 0 Å². The molecule has 2 aromatic carbocycles. The zero-order valence-electron chi connectivity index (χ0n) is 23.6. The van der Waals surface area contributed by atoms with Gasteiger partial charge in [-0.1, -0.05) is 42.5 Å². The van der Waals surface area contributed by atoms with Crippen molar-refractivity contribution in [3.05, 3.63) is 66.2 Å². The fourth-order valence-corrected chi connectivity index (χ4v) is 5.34. The number of aromatic amines is 1. The number of benzene rings is 2. The molecule has 1 aliphatic rings. The smallest absolute Gasteiger partial charge is 0.330 e. The first kappa shape index (κ1) is 29.7. The summed E-state index contributed by atoms with van der Waals surface area (Å²) in [5, 5.41) is 7.47. The lowest BCUT2D eigenvalue weighted by atomic mass is 10.0. The molecule has 2 atom stereocenters. The maximum atomic E-state index is 13.2. The number of amides is 3. The maximum absolute atomic E-state index is 13.2. The summed E-state index contributed by atoms with van der Waals surface area (Å²) in [6.07, 6.45) is 6.05. The molecule has 0 bridgehead atoms. The molecule has 0 saturated carbocycles. The van der Waals surface area contributed by atoms with E-state index in [4.69, 9.17) is 4.74 Å². The van der Waals surface area contributed by atoms with Crippen molar-refractivity contribution in [1.29, 1.82) is 0 Å². The third-order valence-corrected chi connectivity index (χ3v) is 7.35. The topological polar surface area (TPSA) is 137 Å². The van der Waals surface area contributed by atoms with Gasteiger partial charge in [0, 0.05) is 57.5 Å². The van der Waals surface area contributed by atoms with Crippen LogP contribution >= 0.6 is 0 Å². The van der Waals surface area contributed by atoms with Gasteiger partial charge in [0.25, 0.3) is 0 Å². The average molecular weight is 563 g/mol. The molecule has 41 heavy (non-hydrogen) atoms. The number of H-pyrrole nitrogens is 1. The van der Waals surface area contributed by atoms with Gasteiger partial charge in [0.1, 0.15) is 6.04 Å². The van der Waals surface area contributed by atoms with E-state index in [1.54, 1.807) is 12.5 Å². The van der Waals surface area contributed by atoms with E-state index in [9.17, 15) is 19.2 Å². The van der Waals surface area contributed by atoms with Gasteiger partial charge in [-0.15, -0.1) is 0 Å². The Morgan fingerprint density at radius 2 is 1.98 bits per heavy atom. The molecule has 218 valence electrons. The van der Waals surface area contributed by atoms with Crippen molar-refractivity contribution in [1.82, 2.24) is 30.4 Å². The van der Waals surface area contributed by atoms with Gasteiger partial charge < -0.3 is 25.3 Å². The Kier molecular flexibility index (Phi) is 10.4. The molecule has 1 unspecified atom stereocenters. The molecule has 11 heteroatoms. The van der Waals surface area contributed by atoms with Crippen LogP contribution in [-0.4, -0.2) is 88.8 Å². The number of aromatic nitrogens is 2. The molecule has 1 aromatic heterocycles. The number of likely N-dealkylation sites (tertiary alicyclic amines) is 1. The number of carbonyl (C=O) groups is 4. The van der Waals surface area contributed by atoms with Gasteiger partial charge in [-0.05, 0) is 35.6 Å². The lowest BCUT2D eigenvalue weighted by Gasteiger charge is -2.31. The van der Waals surface area contributed by atoms with Gasteiger partial charge in [0.05, 0.1) is 20.0 Å². The third-order valence-electron chi connectivity index (χ3n) is 7.35. The number of nitrogens with one attached hydrogen (secondary N) is 3. The van der Waals surface area contributed by atoms with Crippen LogP contribution in [-0.2, 0) is 36.9 Å². The number of hydrogen-bond acceptors (Lipinski definition) is 7. The van der Waals surface area contributed by atoms with Gasteiger partial charge in [0.15, 0.2) is 0 Å². The van der Waals surface area contributed by atoms with Crippen LogP contribution in [0.3, 0.4) is 0 Å². The molecule has 11 nitrogen and oxygen atoms in total. The van der Waals surface area contributed by atoms with E-state index in [0.717, 1.165) is 34.9 Å². The van der Waals surface area contributed by atoms with E-state index in [1.165, 1.54) is 14.0 Å². The molecule has 3 N–H and O–H groups in total. The second-order valence-corrected chi connectivity index (χ2v) is 10.3. The minimum atomic E-state index is -1.01. The number of esters is 1. The summed E-state index contributed by atoms with van der Waals surface area (Å²) in [6.45, 7) is 2.94. The number of nitrogens with zero attached hydrogens (tertiary/aromatic N) is 3. The minimum Gasteiger partial charge on any atom is -0.467 e. The van der Waals surface area contributed by atoms with Gasteiger partial charge in [-0.25, -0.2) is 9.78 Å². The standard InChI is InChI=1S/C30H38N6O5/c1-21(37)32-16-27(30(40)41-2)34-28(38)19-35(17-23-9-5-8-22-7-3-4-11-26(22)23)18-25-10-6-14-36(25)29(39)13-12-24-15-31-20-33-24/h3-5,7-9,11,15,20,25,27H,6,10,12-14,16-19H2,1-2H3,(H,31,33)(H,32,37)(H,34,38)/t25?,27-/m0/s1. The van der Waals surface area contributed by atoms with Crippen LogP contribution in [0.1, 0.15) is 37.4 Å². The highest BCUT2D eigenvalue weighted by Gasteiger charge is 2.31. The number of aryl methyl sites for hydroxylation is 1. The zero-order valence-corrected chi connectivity index (χ0v) is 23.6. The van der Waals surface area contributed by atoms with Crippen molar-refractivity contribution in [2.24, 2.45) is 0 Å². The predicted octanol–water partition coefficient (Wildman–Crippen LogP) is 1.78. The highest BCUT2D eigenvalue weighted by molar-refractivity contribution is 5.87. The Morgan fingerprint density at radius 3 is 2.73 bits per heavy atom. The average Bonchev–Trinajstić information content (AvgIpc) is 3.66. The molecule has 1 fully saturated rings. The largest absolute Gasteiger partial charge is 0.467 e. The highest BCUT2D eigenvalue weighted by Crippen LogP contribution is 2.23. The highest BCUT2D eigenvalue weighted by atomic mass is 16.5. The van der Waals surface area contributed by atoms with Crippen LogP contribution in [0, 0.1) is 0 Å². The lowest BCUT2D eigenvalue weighted by Crippen LogP contribution is -2.52. The van der Waals surface area contributed by atoms with Crippen molar-refractivity contribution in [3.8, 4) is 0 Å². The maximum Gasteiger partial charge on any atom is 0.330 e. The van der Waals surface area contributed by atoms with Crippen LogP contribution in [0.2, 0.25) is 0 Å². The molecular formula is C30H38N6O5. The Bertz CT molecular complexity index is 1340. The van der Waals surface area contributed by atoms with Crippen molar-refractivity contribution < 1.29 is 23.9 Å². The summed E-state index contributed by atoms with van der Waals surface area (Å²) in [4.78, 5) is 61.1. The second-order valence-electron chi connectivity index (χ2n) is 10.3. The molecular weight excluding hydrogens is 524 g/mol. The first-order valence-corrected chi connectivity index (χ1v) is 13.9. The zero-order chi connectivity index (χ0) is 29.2. The fraction of sp³-hybridized carbons (Fsp3) is 0.433. The lowest BCUT2D eigenvalue weighted by molar-refractivity contribution is -0.145. The molecule has 3 amide bonds. The molecule has 2 heterocycles. The molecule has 1 saturated heterocycles. The number of fused-ring (bicyclic) bond motifs is 1. The molecule has 3 aromatic rings. The number of hydrogen-bond donors (Lipinski definition) is 3. The van der Waals surface area contributed by atoms with Crippen LogP contribution in [0.5, 0.6) is 0 Å². The van der Waals surface area contributed by atoms with Crippen LogP contribution in [0.15, 0.2) is 55.0 Å². The molecule has 0 aliphatic carbocycles. The minimum absolute atomic E-state index is 0.00343. The number of methoxy groups -OCH3 is 1. The summed E-state index contributed by atoms with van der Waals surface area (Å²) in [7, 11) is 1.24. The van der Waals surface area contributed by atoms with E-state index in [0.29, 0.717) is 32.5 Å². The Labute approximate surface area is 239 Å². The van der Waals surface area contributed by atoms with Crippen LogP contribution in [0.4, 0.5) is 0 Å². The molecule has 4 rings (SSSR count). The van der Waals surface area contributed by atoms with Crippen molar-refractivity contribution in [3.63, 3.8) is 0 Å². The summed E-state index contributed by atoms with van der Waals surface area (Å²) in [5.74, 6) is -1.25. The Hall–Kier alpha value is -4.25. The Balaban J connectivity index is 1.49. The van der Waals surface area contributed by atoms with Crippen molar-refractivity contribution in [2.45, 2.75) is 51.2 Å². The van der Waals surface area contributed by atoms with E-state index in [1.807, 2.05) is 34.1 Å². The van der Waals surface area contributed by atoms with Crippen LogP contribution < -0.4 is 10.6 Å². The summed E-state index contributed by atoms with van der Waals surface area (Å²) >= 11 is 0. The number of rotatable bonds is 13. The van der Waals surface area contributed by atoms with E-state index in [-0.39, 0.29) is 36.9 Å². The number of imidazole rings is 1. The third kappa shape index (κ3) is 8.37. The molecule has 1 aliphatic heterocycles. The first-order valence-electron chi connectivity index (χ1n) is 13.9. The monoisotopic (exact) mass is 562 g/mol. The quantitative estimate of drug-likeness (QED) is 0.270. The van der Waals surface area contributed by atoms with Crippen molar-refractivity contribution >= 4 is 34.5 Å². The summed E-state index contributed by atoms with van der Waals surface area (Å²) in [6, 6.07) is 13.1. The van der Waals surface area contributed by atoms with Crippen molar-refractivity contribution in [2.75, 3.05) is 33.3 Å². The summed E-state index contributed by atoms with van der Waals surface area (Å²) in [5.41, 5.74) is 1.98. The van der Waals surface area contributed by atoms with Crippen LogP contribution in [0.25, 0.3) is 10.8 Å². The Morgan fingerprint density at radius 1 is 1.17 bits per heavy atom. The normalized spacial score (nSPS) is 15.6. The van der Waals surface area contributed by atoms with Gasteiger partial charge >= 0.3 is 5.97 Å². The number of ether oxygens (including phenoxy) is 1. The predicted molar refractivity (Wildman–Crippen MR) is 153 cm³/mol. The van der Waals surface area contributed by atoms with Gasteiger partial charge in [-0.2, -0.15) is 0 Å². The fourth-order valence-electron chi connectivity index (χ4n) is 5.34. The van der Waals surface area contributed by atoms with Gasteiger partial charge in [0.2, 0.25) is 17.7 Å².